The van der Waals surface area contributed by atoms with Gasteiger partial charge in [0.1, 0.15) is 0 Å². The van der Waals surface area contributed by atoms with Gasteiger partial charge in [0, 0.05) is 42.6 Å². The van der Waals surface area contributed by atoms with Crippen molar-refractivity contribution in [3.8, 4) is 0 Å². The first-order chi connectivity index (χ1) is 11.7. The van der Waals surface area contributed by atoms with Crippen LogP contribution in [0.2, 0.25) is 5.02 Å². The highest BCUT2D eigenvalue weighted by Gasteiger charge is 2.12. The molecule has 0 fully saturated rings. The third-order valence-corrected chi connectivity index (χ3v) is 4.13. The maximum atomic E-state index is 12.4. The summed E-state index contributed by atoms with van der Waals surface area (Å²) in [5.41, 5.74) is 2.57. The third kappa shape index (κ3) is 3.58. The van der Waals surface area contributed by atoms with Gasteiger partial charge in [-0.05, 0) is 24.1 Å². The lowest BCUT2D eigenvalue weighted by molar-refractivity contribution is -0.115. The molecule has 6 heteroatoms. The van der Waals surface area contributed by atoms with Crippen molar-refractivity contribution in [2.24, 2.45) is 0 Å². The number of carbonyl (C=O) groups is 1. The largest absolute Gasteiger partial charge is 0.396 e. The monoisotopic (exact) mass is 343 g/mol. The number of aliphatic hydroxyl groups is 1. The first-order valence-electron chi connectivity index (χ1n) is 7.76. The summed E-state index contributed by atoms with van der Waals surface area (Å²) in [6.45, 7) is 0.859. The minimum atomic E-state index is -0.131. The molecule has 0 saturated heterocycles. The van der Waals surface area contributed by atoms with Crippen LogP contribution >= 0.6 is 11.6 Å². The molecule has 0 bridgehead atoms. The lowest BCUT2D eigenvalue weighted by atomic mass is 10.1. The van der Waals surface area contributed by atoms with E-state index in [0.717, 1.165) is 23.0 Å². The molecule has 5 nitrogen and oxygen atoms in total. The summed E-state index contributed by atoms with van der Waals surface area (Å²) in [5.74, 6) is -0.131. The molecule has 0 aliphatic carbocycles. The van der Waals surface area contributed by atoms with Crippen molar-refractivity contribution in [3.63, 3.8) is 0 Å². The number of benzene rings is 1. The van der Waals surface area contributed by atoms with Gasteiger partial charge in [-0.2, -0.15) is 0 Å². The average Bonchev–Trinajstić information content (AvgIpc) is 2.93. The molecule has 3 aromatic rings. The van der Waals surface area contributed by atoms with Crippen LogP contribution in [-0.2, 0) is 17.8 Å². The van der Waals surface area contributed by atoms with Crippen molar-refractivity contribution in [1.29, 1.82) is 0 Å². The van der Waals surface area contributed by atoms with Gasteiger partial charge < -0.3 is 15.0 Å². The number of nitrogens with zero attached hydrogens (tertiary/aromatic N) is 2. The van der Waals surface area contributed by atoms with Crippen molar-refractivity contribution in [3.05, 3.63) is 59.5 Å². The van der Waals surface area contributed by atoms with Crippen LogP contribution in [0.3, 0.4) is 0 Å². The number of carbonyl (C=O) groups excluding carboxylic acids is 1. The van der Waals surface area contributed by atoms with Gasteiger partial charge in [-0.1, -0.05) is 29.8 Å². The number of pyridine rings is 1. The van der Waals surface area contributed by atoms with E-state index in [1.165, 1.54) is 6.20 Å². The number of nitrogens with one attached hydrogen (secondary N) is 1. The Balaban J connectivity index is 1.82. The number of aromatic nitrogens is 2. The van der Waals surface area contributed by atoms with Gasteiger partial charge in [0.15, 0.2) is 0 Å². The maximum absolute atomic E-state index is 12.4. The Hall–Kier alpha value is -2.37. The van der Waals surface area contributed by atoms with E-state index in [2.05, 4.69) is 14.9 Å². The number of hydrogen-bond donors (Lipinski definition) is 2. The van der Waals surface area contributed by atoms with Crippen LogP contribution in [0.25, 0.3) is 10.9 Å². The van der Waals surface area contributed by atoms with E-state index in [-0.39, 0.29) is 18.9 Å². The van der Waals surface area contributed by atoms with Gasteiger partial charge in [-0.25, -0.2) is 0 Å². The summed E-state index contributed by atoms with van der Waals surface area (Å²) in [6, 6.07) is 9.63. The Morgan fingerprint density at radius 1 is 1.29 bits per heavy atom. The molecule has 0 unspecified atom stereocenters. The van der Waals surface area contributed by atoms with Crippen LogP contribution in [0.5, 0.6) is 0 Å². The minimum Gasteiger partial charge on any atom is -0.396 e. The summed E-state index contributed by atoms with van der Waals surface area (Å²) >= 11 is 6.02. The molecule has 1 aromatic carbocycles. The average molecular weight is 344 g/mol. The van der Waals surface area contributed by atoms with Gasteiger partial charge >= 0.3 is 0 Å². The number of aryl methyl sites for hydroxylation is 1. The zero-order valence-corrected chi connectivity index (χ0v) is 13.8. The number of para-hydroxylation sites is 1. The number of hydrogen-bond acceptors (Lipinski definition) is 3. The maximum Gasteiger partial charge on any atom is 0.228 e. The predicted octanol–water partition coefficient (Wildman–Crippen LogP) is 3.25. The Bertz CT molecular complexity index is 860. The molecule has 2 heterocycles. The molecule has 0 spiro atoms. The van der Waals surface area contributed by atoms with Crippen molar-refractivity contribution in [1.82, 2.24) is 9.55 Å². The SMILES string of the molecule is O=C(Cc1cn(CCCO)c2ccccc12)Nc1ccncc1Cl. The lowest BCUT2D eigenvalue weighted by Crippen LogP contribution is -2.14. The first kappa shape index (κ1) is 16.5. The van der Waals surface area contributed by atoms with E-state index < -0.39 is 0 Å². The van der Waals surface area contributed by atoms with E-state index in [9.17, 15) is 4.79 Å². The normalized spacial score (nSPS) is 10.9. The van der Waals surface area contributed by atoms with Gasteiger partial charge in [0.25, 0.3) is 0 Å². The Morgan fingerprint density at radius 3 is 2.92 bits per heavy atom. The molecule has 24 heavy (non-hydrogen) atoms. The molecule has 0 aliphatic rings. The second kappa shape index (κ2) is 7.47. The van der Waals surface area contributed by atoms with Crippen molar-refractivity contribution in [2.75, 3.05) is 11.9 Å². The van der Waals surface area contributed by atoms with Crippen molar-refractivity contribution >= 4 is 34.1 Å². The second-order valence-electron chi connectivity index (χ2n) is 5.52. The number of aliphatic hydroxyl groups excluding tert-OH is 1. The van der Waals surface area contributed by atoms with Crippen LogP contribution in [0.15, 0.2) is 48.9 Å². The highest BCUT2D eigenvalue weighted by Crippen LogP contribution is 2.23. The van der Waals surface area contributed by atoms with Crippen LogP contribution in [-0.4, -0.2) is 27.2 Å². The van der Waals surface area contributed by atoms with E-state index in [0.29, 0.717) is 17.1 Å². The molecule has 124 valence electrons. The van der Waals surface area contributed by atoms with Gasteiger partial charge in [-0.15, -0.1) is 0 Å². The van der Waals surface area contributed by atoms with Crippen molar-refractivity contribution in [2.45, 2.75) is 19.4 Å². The fraction of sp³-hybridized carbons (Fsp3) is 0.222. The number of amides is 1. The van der Waals surface area contributed by atoms with Gasteiger partial charge in [0.05, 0.1) is 17.1 Å². The molecule has 0 aliphatic heterocycles. The van der Waals surface area contributed by atoms with E-state index in [1.807, 2.05) is 30.5 Å². The quantitative estimate of drug-likeness (QED) is 0.722. The standard InChI is InChI=1S/C18H18ClN3O2/c19-15-11-20-7-6-16(15)21-18(24)10-13-12-22(8-3-9-23)17-5-2-1-4-14(13)17/h1-2,4-7,11-12,23H,3,8-10H2,(H,20,21,24). The van der Waals surface area contributed by atoms with Gasteiger partial charge in [-0.3, -0.25) is 9.78 Å². The van der Waals surface area contributed by atoms with Gasteiger partial charge in [0.2, 0.25) is 5.91 Å². The third-order valence-electron chi connectivity index (χ3n) is 3.83. The summed E-state index contributed by atoms with van der Waals surface area (Å²) in [5, 5.41) is 13.3. The summed E-state index contributed by atoms with van der Waals surface area (Å²) in [7, 11) is 0. The zero-order valence-electron chi connectivity index (χ0n) is 13.1. The molecule has 3 rings (SSSR count). The Labute approximate surface area is 144 Å². The minimum absolute atomic E-state index is 0.131. The van der Waals surface area contributed by atoms with E-state index in [1.54, 1.807) is 12.3 Å². The van der Waals surface area contributed by atoms with Crippen LogP contribution in [0, 0.1) is 0 Å². The second-order valence-corrected chi connectivity index (χ2v) is 5.93. The van der Waals surface area contributed by atoms with E-state index in [4.69, 9.17) is 16.7 Å². The fourth-order valence-corrected chi connectivity index (χ4v) is 2.90. The molecule has 2 aromatic heterocycles. The summed E-state index contributed by atoms with van der Waals surface area (Å²) in [4.78, 5) is 16.3. The summed E-state index contributed by atoms with van der Waals surface area (Å²) in [6.07, 6.45) is 6.00. The molecule has 1 amide bonds. The highest BCUT2D eigenvalue weighted by molar-refractivity contribution is 6.33. The Morgan fingerprint density at radius 2 is 2.12 bits per heavy atom. The zero-order chi connectivity index (χ0) is 16.9. The fourth-order valence-electron chi connectivity index (χ4n) is 2.73. The number of anilines is 1. The molecule has 0 atom stereocenters. The topological polar surface area (TPSA) is 67.2 Å². The van der Waals surface area contributed by atoms with Crippen LogP contribution in [0.1, 0.15) is 12.0 Å². The highest BCUT2D eigenvalue weighted by atomic mass is 35.5. The summed E-state index contributed by atoms with van der Waals surface area (Å²) < 4.78 is 2.08. The smallest absolute Gasteiger partial charge is 0.228 e. The molecule has 2 N–H and O–H groups in total. The Kier molecular flexibility index (Phi) is 5.13. The van der Waals surface area contributed by atoms with Crippen LogP contribution < -0.4 is 5.32 Å². The molecule has 0 saturated carbocycles. The number of rotatable bonds is 6. The molecular weight excluding hydrogens is 326 g/mol. The predicted molar refractivity (Wildman–Crippen MR) is 95.2 cm³/mol. The van der Waals surface area contributed by atoms with Crippen LogP contribution in [0.4, 0.5) is 5.69 Å². The van der Waals surface area contributed by atoms with E-state index >= 15 is 0 Å². The number of fused-ring (bicyclic) bond motifs is 1. The molecular formula is C18H18ClN3O2. The lowest BCUT2D eigenvalue weighted by Gasteiger charge is -2.06. The van der Waals surface area contributed by atoms with Crippen molar-refractivity contribution < 1.29 is 9.90 Å². The number of halogens is 1. The first-order valence-corrected chi connectivity index (χ1v) is 8.14. The molecule has 0 radical (unpaired) electrons.